The van der Waals surface area contributed by atoms with E-state index in [4.69, 9.17) is 0 Å². The summed E-state index contributed by atoms with van der Waals surface area (Å²) in [6, 6.07) is 0. The Hall–Kier alpha value is -0.260. The molecular weight excluding hydrogens is 132 g/mol. The highest BCUT2D eigenvalue weighted by Gasteiger charge is 2.15. The average Bonchev–Trinajstić information content (AvgIpc) is 2.09. The molecule has 1 saturated carbocycles. The van der Waals surface area contributed by atoms with Gasteiger partial charge in [0.05, 0.1) is 0 Å². The molecule has 0 saturated heterocycles. The van der Waals surface area contributed by atoms with E-state index in [9.17, 15) is 0 Å². The predicted molar refractivity (Wildman–Crippen MR) is 50.6 cm³/mol. The number of hydrogen-bond donors (Lipinski definition) is 0. The summed E-state index contributed by atoms with van der Waals surface area (Å²) in [7, 11) is 0. The van der Waals surface area contributed by atoms with Crippen LogP contribution in [0.1, 0.15) is 52.4 Å². The first-order chi connectivity index (χ1) is 5.38. The fourth-order valence-electron chi connectivity index (χ4n) is 2.20. The van der Waals surface area contributed by atoms with Gasteiger partial charge in [0.25, 0.3) is 0 Å². The first-order valence-corrected chi connectivity index (χ1v) is 5.03. The number of allylic oxidation sites excluding steroid dienone is 2. The summed E-state index contributed by atoms with van der Waals surface area (Å²) in [5, 5.41) is 0. The molecular formula is C11H20. The van der Waals surface area contributed by atoms with E-state index in [0.717, 1.165) is 5.92 Å². The molecule has 0 aromatic heterocycles. The van der Waals surface area contributed by atoms with Crippen LogP contribution < -0.4 is 0 Å². The van der Waals surface area contributed by atoms with Crippen LogP contribution in [0, 0.1) is 5.92 Å². The minimum Gasteiger partial charge on any atom is -0.0882 e. The van der Waals surface area contributed by atoms with Gasteiger partial charge in [-0.1, -0.05) is 37.8 Å². The van der Waals surface area contributed by atoms with Gasteiger partial charge in [-0.3, -0.25) is 0 Å². The fourth-order valence-corrected chi connectivity index (χ4v) is 2.20. The lowest BCUT2D eigenvalue weighted by Crippen LogP contribution is -2.08. The molecule has 0 aromatic rings. The molecule has 1 aliphatic rings. The average molecular weight is 152 g/mol. The van der Waals surface area contributed by atoms with Crippen LogP contribution in [-0.2, 0) is 0 Å². The second-order valence-corrected chi connectivity index (χ2v) is 3.55. The molecule has 1 fully saturated rings. The largest absolute Gasteiger partial charge is 0.0882 e. The van der Waals surface area contributed by atoms with E-state index in [2.05, 4.69) is 19.9 Å². The Morgan fingerprint density at radius 3 is 2.36 bits per heavy atom. The number of hydrogen-bond acceptors (Lipinski definition) is 0. The quantitative estimate of drug-likeness (QED) is 0.526. The van der Waals surface area contributed by atoms with Crippen molar-refractivity contribution in [3.8, 4) is 0 Å². The number of rotatable bonds is 2. The van der Waals surface area contributed by atoms with Crippen LogP contribution in [0.3, 0.4) is 0 Å². The van der Waals surface area contributed by atoms with Crippen molar-refractivity contribution in [2.75, 3.05) is 0 Å². The van der Waals surface area contributed by atoms with Crippen LogP contribution in [-0.4, -0.2) is 0 Å². The topological polar surface area (TPSA) is 0 Å². The zero-order valence-electron chi connectivity index (χ0n) is 7.90. The summed E-state index contributed by atoms with van der Waals surface area (Å²) in [4.78, 5) is 0. The molecule has 0 bridgehead atoms. The SMILES string of the molecule is CC=C(CC)C1CCCCC1. The highest BCUT2D eigenvalue weighted by atomic mass is 14.2. The summed E-state index contributed by atoms with van der Waals surface area (Å²) < 4.78 is 0. The predicted octanol–water partition coefficient (Wildman–Crippen LogP) is 3.92. The van der Waals surface area contributed by atoms with Gasteiger partial charge in [-0.05, 0) is 32.1 Å². The summed E-state index contributed by atoms with van der Waals surface area (Å²) >= 11 is 0. The van der Waals surface area contributed by atoms with Crippen LogP contribution in [0.4, 0.5) is 0 Å². The highest BCUT2D eigenvalue weighted by molar-refractivity contribution is 5.05. The van der Waals surface area contributed by atoms with Crippen LogP contribution >= 0.6 is 0 Å². The van der Waals surface area contributed by atoms with Crippen molar-refractivity contribution in [2.24, 2.45) is 5.92 Å². The molecule has 0 N–H and O–H groups in total. The Morgan fingerprint density at radius 2 is 1.91 bits per heavy atom. The van der Waals surface area contributed by atoms with Crippen molar-refractivity contribution in [2.45, 2.75) is 52.4 Å². The molecule has 0 heterocycles. The minimum atomic E-state index is 0.943. The zero-order chi connectivity index (χ0) is 8.10. The maximum Gasteiger partial charge on any atom is -0.0203 e. The third-order valence-corrected chi connectivity index (χ3v) is 2.91. The second kappa shape index (κ2) is 4.58. The summed E-state index contributed by atoms with van der Waals surface area (Å²) in [6.07, 6.45) is 10.9. The van der Waals surface area contributed by atoms with E-state index in [-0.39, 0.29) is 0 Å². The lowest BCUT2D eigenvalue weighted by atomic mass is 9.83. The van der Waals surface area contributed by atoms with E-state index in [1.54, 1.807) is 5.57 Å². The van der Waals surface area contributed by atoms with E-state index in [1.807, 2.05) is 0 Å². The van der Waals surface area contributed by atoms with Gasteiger partial charge in [-0.2, -0.15) is 0 Å². The fraction of sp³-hybridized carbons (Fsp3) is 0.818. The van der Waals surface area contributed by atoms with Crippen LogP contribution in [0.25, 0.3) is 0 Å². The van der Waals surface area contributed by atoms with Crippen molar-refractivity contribution >= 4 is 0 Å². The lowest BCUT2D eigenvalue weighted by molar-refractivity contribution is 0.396. The first kappa shape index (κ1) is 8.83. The minimum absolute atomic E-state index is 0.943. The van der Waals surface area contributed by atoms with Crippen molar-refractivity contribution in [3.05, 3.63) is 11.6 Å². The third kappa shape index (κ3) is 2.36. The Bertz CT molecular complexity index is 127. The Morgan fingerprint density at radius 1 is 1.27 bits per heavy atom. The van der Waals surface area contributed by atoms with Gasteiger partial charge in [0.1, 0.15) is 0 Å². The van der Waals surface area contributed by atoms with Crippen molar-refractivity contribution in [1.29, 1.82) is 0 Å². The molecule has 0 heteroatoms. The lowest BCUT2D eigenvalue weighted by Gasteiger charge is -2.23. The molecule has 0 aromatic carbocycles. The van der Waals surface area contributed by atoms with Gasteiger partial charge in [0.2, 0.25) is 0 Å². The van der Waals surface area contributed by atoms with E-state index < -0.39 is 0 Å². The van der Waals surface area contributed by atoms with E-state index in [1.165, 1.54) is 38.5 Å². The van der Waals surface area contributed by atoms with Gasteiger partial charge < -0.3 is 0 Å². The maximum absolute atomic E-state index is 2.33. The molecule has 0 amide bonds. The molecule has 11 heavy (non-hydrogen) atoms. The van der Waals surface area contributed by atoms with Crippen LogP contribution in [0.5, 0.6) is 0 Å². The summed E-state index contributed by atoms with van der Waals surface area (Å²) in [5.41, 5.74) is 1.70. The highest BCUT2D eigenvalue weighted by Crippen LogP contribution is 2.30. The van der Waals surface area contributed by atoms with Crippen molar-refractivity contribution in [3.63, 3.8) is 0 Å². The maximum atomic E-state index is 2.33. The summed E-state index contributed by atoms with van der Waals surface area (Å²) in [6.45, 7) is 4.47. The van der Waals surface area contributed by atoms with Crippen molar-refractivity contribution in [1.82, 2.24) is 0 Å². The molecule has 0 atom stereocenters. The zero-order valence-corrected chi connectivity index (χ0v) is 7.90. The van der Waals surface area contributed by atoms with Gasteiger partial charge >= 0.3 is 0 Å². The van der Waals surface area contributed by atoms with Crippen molar-refractivity contribution < 1.29 is 0 Å². The smallest absolute Gasteiger partial charge is 0.0203 e. The Balaban J connectivity index is 2.43. The Labute approximate surface area is 70.7 Å². The molecule has 0 nitrogen and oxygen atoms in total. The third-order valence-electron chi connectivity index (χ3n) is 2.91. The van der Waals surface area contributed by atoms with Gasteiger partial charge in [-0.15, -0.1) is 0 Å². The van der Waals surface area contributed by atoms with Gasteiger partial charge in [0.15, 0.2) is 0 Å². The van der Waals surface area contributed by atoms with E-state index >= 15 is 0 Å². The standard InChI is InChI=1S/C11H20/c1-3-10(4-2)11-8-6-5-7-9-11/h3,11H,4-9H2,1-2H3. The monoisotopic (exact) mass is 152 g/mol. The molecule has 64 valence electrons. The first-order valence-electron chi connectivity index (χ1n) is 5.03. The summed E-state index contributed by atoms with van der Waals surface area (Å²) in [5.74, 6) is 0.943. The molecule has 1 rings (SSSR count). The second-order valence-electron chi connectivity index (χ2n) is 3.55. The molecule has 0 aliphatic heterocycles. The van der Waals surface area contributed by atoms with Crippen LogP contribution in [0.2, 0.25) is 0 Å². The molecule has 0 spiro atoms. The van der Waals surface area contributed by atoms with E-state index in [0.29, 0.717) is 0 Å². The normalized spacial score (nSPS) is 22.2. The molecule has 0 unspecified atom stereocenters. The van der Waals surface area contributed by atoms with Gasteiger partial charge in [-0.25, -0.2) is 0 Å². The Kier molecular flexibility index (Phi) is 3.68. The van der Waals surface area contributed by atoms with Crippen LogP contribution in [0.15, 0.2) is 11.6 Å². The van der Waals surface area contributed by atoms with Gasteiger partial charge in [0, 0.05) is 0 Å². The molecule has 0 radical (unpaired) electrons. The molecule has 1 aliphatic carbocycles.